The molecule has 0 bridgehead atoms. The lowest BCUT2D eigenvalue weighted by Crippen LogP contribution is -1.96. The van der Waals surface area contributed by atoms with E-state index in [1.54, 1.807) is 6.07 Å². The first-order valence-electron chi connectivity index (χ1n) is 4.24. The molecule has 1 aliphatic rings. The summed E-state index contributed by atoms with van der Waals surface area (Å²) in [5.74, 6) is 1.86. The molecule has 0 amide bonds. The topological polar surface area (TPSA) is 53.7 Å². The number of ether oxygens (including phenoxy) is 3. The van der Waals surface area contributed by atoms with Gasteiger partial charge in [-0.25, -0.2) is 0 Å². The van der Waals surface area contributed by atoms with Gasteiger partial charge in [-0.15, -0.1) is 0 Å². The zero-order valence-electron chi connectivity index (χ0n) is 7.67. The van der Waals surface area contributed by atoms with Crippen molar-refractivity contribution >= 4 is 21.6 Å². The van der Waals surface area contributed by atoms with Crippen LogP contribution in [0, 0.1) is 0 Å². The Balaban J connectivity index is 2.52. The summed E-state index contributed by atoms with van der Waals surface area (Å²) in [7, 11) is 0. The molecule has 14 heavy (non-hydrogen) atoms. The summed E-state index contributed by atoms with van der Waals surface area (Å²) in [5, 5.41) is 0. The minimum Gasteiger partial charge on any atom is -0.490 e. The Bertz CT molecular complexity index is 368. The molecule has 0 aliphatic carbocycles. The average Bonchev–Trinajstić information content (AvgIpc) is 2.63. The van der Waals surface area contributed by atoms with Gasteiger partial charge in [-0.2, -0.15) is 0 Å². The molecule has 0 radical (unpaired) electrons. The first-order chi connectivity index (χ1) is 6.74. The minimum atomic E-state index is 0.206. The SMILES string of the molecule is CCOc1cc(N)c(Br)c2c1OCO2. The number of hydrogen-bond acceptors (Lipinski definition) is 4. The zero-order chi connectivity index (χ0) is 10.1. The fourth-order valence-electron chi connectivity index (χ4n) is 1.29. The molecular formula is C9H10BrNO3. The highest BCUT2D eigenvalue weighted by Gasteiger charge is 2.24. The Morgan fingerprint density at radius 3 is 2.93 bits per heavy atom. The van der Waals surface area contributed by atoms with Crippen LogP contribution in [0.5, 0.6) is 17.2 Å². The van der Waals surface area contributed by atoms with E-state index in [-0.39, 0.29) is 6.79 Å². The monoisotopic (exact) mass is 259 g/mol. The highest BCUT2D eigenvalue weighted by atomic mass is 79.9. The summed E-state index contributed by atoms with van der Waals surface area (Å²) in [5.41, 5.74) is 6.34. The van der Waals surface area contributed by atoms with Gasteiger partial charge in [0.05, 0.1) is 16.8 Å². The quantitative estimate of drug-likeness (QED) is 0.828. The van der Waals surface area contributed by atoms with Crippen molar-refractivity contribution in [1.82, 2.24) is 0 Å². The number of nitrogen functional groups attached to an aromatic ring is 1. The van der Waals surface area contributed by atoms with E-state index in [2.05, 4.69) is 15.9 Å². The maximum Gasteiger partial charge on any atom is 0.231 e. The van der Waals surface area contributed by atoms with Gasteiger partial charge < -0.3 is 19.9 Å². The predicted molar refractivity (Wildman–Crippen MR) is 55.8 cm³/mol. The van der Waals surface area contributed by atoms with Gasteiger partial charge in [0.1, 0.15) is 0 Å². The first kappa shape index (κ1) is 9.45. The molecule has 4 nitrogen and oxygen atoms in total. The molecule has 0 saturated heterocycles. The molecule has 2 rings (SSSR count). The van der Waals surface area contributed by atoms with Crippen molar-refractivity contribution < 1.29 is 14.2 Å². The predicted octanol–water partition coefficient (Wildman–Crippen LogP) is 2.16. The van der Waals surface area contributed by atoms with Crippen LogP contribution in [0.15, 0.2) is 10.5 Å². The highest BCUT2D eigenvalue weighted by Crippen LogP contribution is 2.48. The van der Waals surface area contributed by atoms with Crippen LogP contribution in [0.2, 0.25) is 0 Å². The fraction of sp³-hybridized carbons (Fsp3) is 0.333. The van der Waals surface area contributed by atoms with Crippen LogP contribution in [-0.2, 0) is 0 Å². The van der Waals surface area contributed by atoms with Crippen molar-refractivity contribution in [2.24, 2.45) is 0 Å². The van der Waals surface area contributed by atoms with E-state index in [1.165, 1.54) is 0 Å². The summed E-state index contributed by atoms with van der Waals surface area (Å²) in [4.78, 5) is 0. The van der Waals surface area contributed by atoms with Gasteiger partial charge in [0.25, 0.3) is 0 Å². The Kier molecular flexibility index (Phi) is 2.41. The third kappa shape index (κ3) is 1.37. The van der Waals surface area contributed by atoms with Crippen LogP contribution in [-0.4, -0.2) is 13.4 Å². The lowest BCUT2D eigenvalue weighted by molar-refractivity contribution is 0.169. The maximum absolute atomic E-state index is 5.76. The first-order valence-corrected chi connectivity index (χ1v) is 5.03. The summed E-state index contributed by atoms with van der Waals surface area (Å²) in [6.45, 7) is 2.68. The zero-order valence-corrected chi connectivity index (χ0v) is 9.26. The standard InChI is InChI=1S/C9H10BrNO3/c1-2-12-6-3-5(11)7(10)9-8(6)13-4-14-9/h3H,2,4,11H2,1H3. The van der Waals surface area contributed by atoms with Crippen molar-refractivity contribution in [3.63, 3.8) is 0 Å². The molecule has 0 fully saturated rings. The Morgan fingerprint density at radius 2 is 2.21 bits per heavy atom. The molecule has 0 saturated carbocycles. The number of rotatable bonds is 2. The van der Waals surface area contributed by atoms with Crippen molar-refractivity contribution in [1.29, 1.82) is 0 Å². The summed E-state index contributed by atoms with van der Waals surface area (Å²) in [6.07, 6.45) is 0. The average molecular weight is 260 g/mol. The van der Waals surface area contributed by atoms with Gasteiger partial charge in [0.15, 0.2) is 11.5 Å². The van der Waals surface area contributed by atoms with Crippen molar-refractivity contribution in [3.05, 3.63) is 10.5 Å². The second-order valence-electron chi connectivity index (χ2n) is 2.78. The number of anilines is 1. The molecule has 0 atom stereocenters. The van der Waals surface area contributed by atoms with E-state index in [1.807, 2.05) is 6.92 Å². The van der Waals surface area contributed by atoms with Gasteiger partial charge in [-0.3, -0.25) is 0 Å². The van der Waals surface area contributed by atoms with Crippen LogP contribution in [0.1, 0.15) is 6.92 Å². The number of hydrogen-bond donors (Lipinski definition) is 1. The van der Waals surface area contributed by atoms with Crippen LogP contribution >= 0.6 is 15.9 Å². The molecule has 1 aromatic rings. The molecule has 1 aromatic carbocycles. The van der Waals surface area contributed by atoms with Gasteiger partial charge in [-0.1, -0.05) is 0 Å². The van der Waals surface area contributed by atoms with Gasteiger partial charge >= 0.3 is 0 Å². The van der Waals surface area contributed by atoms with Crippen LogP contribution in [0.4, 0.5) is 5.69 Å². The highest BCUT2D eigenvalue weighted by molar-refractivity contribution is 9.10. The summed E-state index contributed by atoms with van der Waals surface area (Å²) in [6, 6.07) is 1.72. The number of benzene rings is 1. The van der Waals surface area contributed by atoms with Gasteiger partial charge in [-0.05, 0) is 22.9 Å². The van der Waals surface area contributed by atoms with Crippen molar-refractivity contribution in [2.75, 3.05) is 19.1 Å². The van der Waals surface area contributed by atoms with Crippen LogP contribution in [0.25, 0.3) is 0 Å². The molecule has 1 aliphatic heterocycles. The van der Waals surface area contributed by atoms with E-state index in [0.29, 0.717) is 34.0 Å². The smallest absolute Gasteiger partial charge is 0.231 e. The molecule has 0 aromatic heterocycles. The second-order valence-corrected chi connectivity index (χ2v) is 3.57. The Morgan fingerprint density at radius 1 is 1.50 bits per heavy atom. The summed E-state index contributed by atoms with van der Waals surface area (Å²) < 4.78 is 16.6. The normalized spacial score (nSPS) is 13.0. The molecule has 2 N–H and O–H groups in total. The lowest BCUT2D eigenvalue weighted by Gasteiger charge is -2.09. The molecule has 0 spiro atoms. The Labute approximate surface area is 90.1 Å². The molecule has 76 valence electrons. The van der Waals surface area contributed by atoms with E-state index in [9.17, 15) is 0 Å². The van der Waals surface area contributed by atoms with Crippen LogP contribution < -0.4 is 19.9 Å². The molecular weight excluding hydrogens is 250 g/mol. The van der Waals surface area contributed by atoms with Crippen molar-refractivity contribution in [3.8, 4) is 17.2 Å². The third-order valence-electron chi connectivity index (χ3n) is 1.88. The van der Waals surface area contributed by atoms with Gasteiger partial charge in [0, 0.05) is 6.07 Å². The lowest BCUT2D eigenvalue weighted by atomic mass is 10.2. The second kappa shape index (κ2) is 3.57. The number of fused-ring (bicyclic) bond motifs is 1. The third-order valence-corrected chi connectivity index (χ3v) is 2.69. The summed E-state index contributed by atoms with van der Waals surface area (Å²) >= 11 is 3.33. The van der Waals surface area contributed by atoms with Crippen LogP contribution in [0.3, 0.4) is 0 Å². The van der Waals surface area contributed by atoms with E-state index in [4.69, 9.17) is 19.9 Å². The molecule has 1 heterocycles. The van der Waals surface area contributed by atoms with E-state index >= 15 is 0 Å². The largest absolute Gasteiger partial charge is 0.490 e. The Hall–Kier alpha value is -1.10. The minimum absolute atomic E-state index is 0.206. The number of halogens is 1. The van der Waals surface area contributed by atoms with Gasteiger partial charge in [0.2, 0.25) is 12.5 Å². The fourth-order valence-corrected chi connectivity index (χ4v) is 1.70. The molecule has 0 unspecified atom stereocenters. The number of nitrogens with two attached hydrogens (primary N) is 1. The van der Waals surface area contributed by atoms with E-state index < -0.39 is 0 Å². The van der Waals surface area contributed by atoms with E-state index in [0.717, 1.165) is 0 Å². The maximum atomic E-state index is 5.76. The van der Waals surface area contributed by atoms with Crippen molar-refractivity contribution in [2.45, 2.75) is 6.92 Å². The molecule has 5 heteroatoms.